The van der Waals surface area contributed by atoms with Crippen molar-refractivity contribution in [3.63, 3.8) is 0 Å². The van der Waals surface area contributed by atoms with Crippen LogP contribution in [0.4, 0.5) is 13.2 Å². The molecule has 1 nitrogen and oxygen atoms in total. The number of rotatable bonds is 0. The monoisotopic (exact) mass is 236 g/mol. The summed E-state index contributed by atoms with van der Waals surface area (Å²) in [4.78, 5) is 11.2. The summed E-state index contributed by atoms with van der Waals surface area (Å²) < 4.78 is 37.4. The highest BCUT2D eigenvalue weighted by Crippen LogP contribution is 2.36. The average molecular weight is 237 g/mol. The number of hydrogen-bond donors (Lipinski definition) is 0. The van der Waals surface area contributed by atoms with E-state index >= 15 is 0 Å². The van der Waals surface area contributed by atoms with Crippen molar-refractivity contribution in [2.24, 2.45) is 0 Å². The first-order valence-corrected chi connectivity index (χ1v) is 4.22. The lowest BCUT2D eigenvalue weighted by atomic mass is 10.0. The number of halogens is 4. The summed E-state index contributed by atoms with van der Waals surface area (Å²) in [5, 5.41) is 0. The number of Topliss-reactive ketones (excluding diaryl/α,β-unsaturated/α-hetero) is 1. The van der Waals surface area contributed by atoms with Crippen molar-refractivity contribution in [1.82, 2.24) is 0 Å². The Morgan fingerprint density at radius 1 is 1.13 bits per heavy atom. The molecule has 5 heteroatoms. The second kappa shape index (κ2) is 3.85. The number of carbonyl (C=O) groups is 1. The van der Waals surface area contributed by atoms with Crippen LogP contribution < -0.4 is 0 Å². The van der Waals surface area contributed by atoms with E-state index in [0.717, 1.165) is 6.07 Å². The summed E-state index contributed by atoms with van der Waals surface area (Å²) in [7, 11) is 0. The molecule has 1 aromatic rings. The molecule has 0 aromatic heterocycles. The molecule has 0 radical (unpaired) electrons. The van der Waals surface area contributed by atoms with Gasteiger partial charge < -0.3 is 0 Å². The molecule has 2 rings (SSSR count). The van der Waals surface area contributed by atoms with Crippen LogP contribution >= 0.6 is 12.4 Å². The summed E-state index contributed by atoms with van der Waals surface area (Å²) in [5.41, 5.74) is -0.401. The van der Waals surface area contributed by atoms with E-state index in [1.807, 2.05) is 0 Å². The zero-order valence-electron chi connectivity index (χ0n) is 7.60. The first-order chi connectivity index (χ1) is 6.50. The van der Waals surface area contributed by atoms with E-state index in [9.17, 15) is 18.0 Å². The Hall–Kier alpha value is -1.03. The molecule has 0 saturated heterocycles. The molecular weight excluding hydrogens is 229 g/mol. The molecule has 1 aliphatic rings. The SMILES string of the molecule is Cl.O=C1CCc2cccc(C(F)(F)F)c21. The van der Waals surface area contributed by atoms with Crippen LogP contribution in [0.3, 0.4) is 0 Å². The van der Waals surface area contributed by atoms with Crippen molar-refractivity contribution in [2.75, 3.05) is 0 Å². The molecule has 0 saturated carbocycles. The lowest BCUT2D eigenvalue weighted by Crippen LogP contribution is -2.11. The summed E-state index contributed by atoms with van der Waals surface area (Å²) in [5.74, 6) is -0.395. The van der Waals surface area contributed by atoms with Gasteiger partial charge in [0.05, 0.1) is 5.56 Å². The first kappa shape index (κ1) is 12.0. The largest absolute Gasteiger partial charge is 0.417 e. The van der Waals surface area contributed by atoms with Gasteiger partial charge in [-0.05, 0) is 18.1 Å². The van der Waals surface area contributed by atoms with E-state index in [2.05, 4.69) is 0 Å². The third-order valence-corrected chi connectivity index (χ3v) is 2.36. The Bertz CT molecular complexity index is 398. The Kier molecular flexibility index (Phi) is 3.09. The number of alkyl halides is 3. The van der Waals surface area contributed by atoms with Crippen LogP contribution in [0.2, 0.25) is 0 Å². The quantitative estimate of drug-likeness (QED) is 0.676. The highest BCUT2D eigenvalue weighted by Gasteiger charge is 2.37. The third kappa shape index (κ3) is 2.00. The summed E-state index contributed by atoms with van der Waals surface area (Å²) in [6.07, 6.45) is -3.80. The van der Waals surface area contributed by atoms with Crippen molar-refractivity contribution in [1.29, 1.82) is 0 Å². The van der Waals surface area contributed by atoms with Crippen LogP contribution in [-0.2, 0) is 12.6 Å². The molecule has 0 amide bonds. The maximum absolute atomic E-state index is 12.5. The summed E-state index contributed by atoms with van der Waals surface area (Å²) >= 11 is 0. The van der Waals surface area contributed by atoms with Gasteiger partial charge in [0.1, 0.15) is 0 Å². The Morgan fingerprint density at radius 2 is 1.80 bits per heavy atom. The van der Waals surface area contributed by atoms with Gasteiger partial charge in [0, 0.05) is 12.0 Å². The lowest BCUT2D eigenvalue weighted by molar-refractivity contribution is -0.137. The molecule has 0 unspecified atom stereocenters. The van der Waals surface area contributed by atoms with Gasteiger partial charge in [0.15, 0.2) is 5.78 Å². The van der Waals surface area contributed by atoms with E-state index < -0.39 is 17.5 Å². The van der Waals surface area contributed by atoms with Gasteiger partial charge in [-0.3, -0.25) is 4.79 Å². The fourth-order valence-electron chi connectivity index (χ4n) is 1.75. The van der Waals surface area contributed by atoms with E-state index in [1.54, 1.807) is 6.07 Å². The number of aryl methyl sites for hydroxylation is 1. The van der Waals surface area contributed by atoms with Gasteiger partial charge in [-0.25, -0.2) is 0 Å². The van der Waals surface area contributed by atoms with Crippen molar-refractivity contribution in [3.8, 4) is 0 Å². The van der Waals surface area contributed by atoms with Crippen molar-refractivity contribution in [3.05, 3.63) is 34.9 Å². The number of fused-ring (bicyclic) bond motifs is 1. The average Bonchev–Trinajstić information content (AvgIpc) is 2.46. The molecular formula is C10H8ClF3O. The van der Waals surface area contributed by atoms with Gasteiger partial charge in [-0.1, -0.05) is 12.1 Å². The normalized spacial score (nSPS) is 14.7. The molecule has 0 aliphatic heterocycles. The van der Waals surface area contributed by atoms with Crippen LogP contribution in [0.1, 0.15) is 27.9 Å². The Balaban J connectivity index is 0.00000112. The summed E-state index contributed by atoms with van der Waals surface area (Å²) in [6.45, 7) is 0. The predicted molar refractivity (Wildman–Crippen MR) is 51.3 cm³/mol. The van der Waals surface area contributed by atoms with Gasteiger partial charge >= 0.3 is 6.18 Å². The number of ketones is 1. The predicted octanol–water partition coefficient (Wildman–Crippen LogP) is 3.26. The van der Waals surface area contributed by atoms with Crippen molar-refractivity contribution >= 4 is 18.2 Å². The molecule has 82 valence electrons. The molecule has 0 atom stereocenters. The van der Waals surface area contributed by atoms with Crippen LogP contribution in [-0.4, -0.2) is 5.78 Å². The fraction of sp³-hybridized carbons (Fsp3) is 0.300. The Morgan fingerprint density at radius 3 is 2.40 bits per heavy atom. The minimum atomic E-state index is -4.43. The van der Waals surface area contributed by atoms with Crippen LogP contribution in [0.15, 0.2) is 18.2 Å². The molecule has 15 heavy (non-hydrogen) atoms. The maximum atomic E-state index is 12.5. The minimum absolute atomic E-state index is 0. The van der Waals surface area contributed by atoms with Crippen LogP contribution in [0.25, 0.3) is 0 Å². The molecule has 1 aliphatic carbocycles. The number of carbonyl (C=O) groups excluding carboxylic acids is 1. The van der Waals surface area contributed by atoms with Crippen molar-refractivity contribution < 1.29 is 18.0 Å². The molecule has 1 aromatic carbocycles. The van der Waals surface area contributed by atoms with E-state index in [1.165, 1.54) is 6.07 Å². The van der Waals surface area contributed by atoms with Gasteiger partial charge in [0.2, 0.25) is 0 Å². The lowest BCUT2D eigenvalue weighted by Gasteiger charge is -2.10. The highest BCUT2D eigenvalue weighted by molar-refractivity contribution is 6.01. The van der Waals surface area contributed by atoms with E-state index in [0.29, 0.717) is 12.0 Å². The minimum Gasteiger partial charge on any atom is -0.294 e. The number of benzene rings is 1. The smallest absolute Gasteiger partial charge is 0.294 e. The summed E-state index contributed by atoms with van der Waals surface area (Å²) in [6, 6.07) is 3.89. The zero-order chi connectivity index (χ0) is 10.3. The topological polar surface area (TPSA) is 17.1 Å². The molecule has 0 fully saturated rings. The zero-order valence-corrected chi connectivity index (χ0v) is 8.41. The first-order valence-electron chi connectivity index (χ1n) is 4.22. The molecule has 0 N–H and O–H groups in total. The standard InChI is InChI=1S/C10H7F3O.ClH/c11-10(12,13)7-3-1-2-6-4-5-8(14)9(6)7;/h1-3H,4-5H2;1H. The third-order valence-electron chi connectivity index (χ3n) is 2.36. The van der Waals surface area contributed by atoms with E-state index in [-0.39, 0.29) is 24.4 Å². The van der Waals surface area contributed by atoms with Crippen molar-refractivity contribution in [2.45, 2.75) is 19.0 Å². The van der Waals surface area contributed by atoms with Gasteiger partial charge in [-0.2, -0.15) is 13.2 Å². The molecule has 0 bridgehead atoms. The number of hydrogen-bond acceptors (Lipinski definition) is 1. The second-order valence-corrected chi connectivity index (χ2v) is 3.26. The van der Waals surface area contributed by atoms with Gasteiger partial charge in [0.25, 0.3) is 0 Å². The fourth-order valence-corrected chi connectivity index (χ4v) is 1.75. The second-order valence-electron chi connectivity index (χ2n) is 3.26. The highest BCUT2D eigenvalue weighted by atomic mass is 35.5. The van der Waals surface area contributed by atoms with Crippen LogP contribution in [0.5, 0.6) is 0 Å². The molecule has 0 heterocycles. The van der Waals surface area contributed by atoms with Gasteiger partial charge in [-0.15, -0.1) is 12.4 Å². The van der Waals surface area contributed by atoms with E-state index in [4.69, 9.17) is 0 Å². The molecule has 0 spiro atoms. The Labute approximate surface area is 90.7 Å². The maximum Gasteiger partial charge on any atom is 0.417 e. The van der Waals surface area contributed by atoms with Crippen LogP contribution in [0, 0.1) is 0 Å².